The van der Waals surface area contributed by atoms with Crippen molar-refractivity contribution in [2.75, 3.05) is 13.2 Å². The van der Waals surface area contributed by atoms with Crippen molar-refractivity contribution in [3.05, 3.63) is 11.7 Å². The van der Waals surface area contributed by atoms with Gasteiger partial charge in [-0.05, 0) is 51.0 Å². The Morgan fingerprint density at radius 1 is 1.10 bits per heavy atom. The van der Waals surface area contributed by atoms with Gasteiger partial charge in [0.1, 0.15) is 5.60 Å². The zero-order valence-corrected chi connectivity index (χ0v) is 13.1. The Balaban J connectivity index is 1.72. The van der Waals surface area contributed by atoms with E-state index in [9.17, 15) is 0 Å². The summed E-state index contributed by atoms with van der Waals surface area (Å²) in [5.74, 6) is 1.44. The fraction of sp³-hybridized carbons (Fsp3) is 0.875. The highest BCUT2D eigenvalue weighted by molar-refractivity contribution is 5.02. The van der Waals surface area contributed by atoms with Gasteiger partial charge in [-0.15, -0.1) is 0 Å². The molecule has 2 aliphatic rings. The van der Waals surface area contributed by atoms with Crippen molar-refractivity contribution in [1.82, 2.24) is 10.1 Å². The van der Waals surface area contributed by atoms with Crippen molar-refractivity contribution in [2.24, 2.45) is 11.1 Å². The van der Waals surface area contributed by atoms with Gasteiger partial charge in [-0.3, -0.25) is 0 Å². The third-order valence-electron chi connectivity index (χ3n) is 5.28. The molecule has 0 spiro atoms. The number of nitrogens with zero attached hydrogens (tertiary/aromatic N) is 2. The molecule has 2 N–H and O–H groups in total. The van der Waals surface area contributed by atoms with Crippen LogP contribution in [0.2, 0.25) is 0 Å². The topological polar surface area (TPSA) is 74.2 Å². The van der Waals surface area contributed by atoms with E-state index in [4.69, 9.17) is 15.0 Å². The minimum atomic E-state index is -0.373. The van der Waals surface area contributed by atoms with Gasteiger partial charge >= 0.3 is 0 Å². The van der Waals surface area contributed by atoms with Gasteiger partial charge in [-0.25, -0.2) is 0 Å². The molecule has 1 aliphatic heterocycles. The average Bonchev–Trinajstić information content (AvgIpc) is 2.98. The number of hydrogen-bond acceptors (Lipinski definition) is 5. The highest BCUT2D eigenvalue weighted by Gasteiger charge is 2.37. The molecule has 118 valence electrons. The molecule has 0 amide bonds. The Morgan fingerprint density at radius 3 is 2.52 bits per heavy atom. The van der Waals surface area contributed by atoms with Gasteiger partial charge in [-0.2, -0.15) is 4.98 Å². The normalized spacial score (nSPS) is 29.4. The summed E-state index contributed by atoms with van der Waals surface area (Å²) in [6.45, 7) is 3.56. The van der Waals surface area contributed by atoms with Crippen LogP contribution < -0.4 is 5.73 Å². The lowest BCUT2D eigenvalue weighted by molar-refractivity contribution is -0.0770. The Labute approximate surface area is 126 Å². The molecule has 2 heterocycles. The molecule has 0 bridgehead atoms. The fourth-order valence-electron chi connectivity index (χ4n) is 3.73. The second kappa shape index (κ2) is 6.05. The third-order valence-corrected chi connectivity index (χ3v) is 5.28. The van der Waals surface area contributed by atoms with E-state index in [1.54, 1.807) is 0 Å². The van der Waals surface area contributed by atoms with Gasteiger partial charge in [0.15, 0.2) is 0 Å². The van der Waals surface area contributed by atoms with E-state index < -0.39 is 0 Å². The summed E-state index contributed by atoms with van der Waals surface area (Å²) in [6.07, 6.45) is 10.3. The first-order chi connectivity index (χ1) is 10.2. The maximum Gasteiger partial charge on any atom is 0.227 e. The quantitative estimate of drug-likeness (QED) is 0.924. The first-order valence-corrected chi connectivity index (χ1v) is 8.33. The zero-order valence-electron chi connectivity index (χ0n) is 13.1. The van der Waals surface area contributed by atoms with E-state index in [0.29, 0.717) is 12.4 Å². The van der Waals surface area contributed by atoms with E-state index in [1.807, 2.05) is 0 Å². The molecule has 1 saturated heterocycles. The Hall–Kier alpha value is -0.940. The maximum absolute atomic E-state index is 6.05. The zero-order chi connectivity index (χ0) is 14.8. The Morgan fingerprint density at radius 2 is 1.86 bits per heavy atom. The maximum atomic E-state index is 6.05. The molecule has 2 fully saturated rings. The largest absolute Gasteiger partial charge is 0.367 e. The predicted octanol–water partition coefficient (Wildman–Crippen LogP) is 2.94. The van der Waals surface area contributed by atoms with E-state index in [2.05, 4.69) is 17.1 Å². The van der Waals surface area contributed by atoms with Crippen LogP contribution in [0.4, 0.5) is 0 Å². The van der Waals surface area contributed by atoms with Gasteiger partial charge in [-0.1, -0.05) is 24.4 Å². The highest BCUT2D eigenvalue weighted by atomic mass is 16.5. The summed E-state index contributed by atoms with van der Waals surface area (Å²) in [4.78, 5) is 4.63. The SMILES string of the molecule is CC1(c2noc(CC3(CN)CCCCC3)n2)CCCCO1. The molecule has 1 saturated carbocycles. The molecule has 1 unspecified atom stereocenters. The molecule has 0 aromatic carbocycles. The average molecular weight is 293 g/mol. The van der Waals surface area contributed by atoms with E-state index in [-0.39, 0.29) is 11.0 Å². The predicted molar refractivity (Wildman–Crippen MR) is 79.7 cm³/mol. The number of ether oxygens (including phenoxy) is 1. The minimum absolute atomic E-state index is 0.163. The molecule has 1 aromatic heterocycles. The van der Waals surface area contributed by atoms with Crippen LogP contribution in [0, 0.1) is 5.41 Å². The molecular formula is C16H27N3O2. The highest BCUT2D eigenvalue weighted by Crippen LogP contribution is 2.39. The fourth-order valence-corrected chi connectivity index (χ4v) is 3.73. The van der Waals surface area contributed by atoms with E-state index in [1.165, 1.54) is 32.1 Å². The molecule has 0 radical (unpaired) electrons. The molecule has 5 nitrogen and oxygen atoms in total. The van der Waals surface area contributed by atoms with Crippen LogP contribution in [-0.2, 0) is 16.8 Å². The van der Waals surface area contributed by atoms with Gasteiger partial charge in [0, 0.05) is 13.0 Å². The lowest BCUT2D eigenvalue weighted by Crippen LogP contribution is -2.35. The summed E-state index contributed by atoms with van der Waals surface area (Å²) in [5.41, 5.74) is 5.84. The van der Waals surface area contributed by atoms with Crippen LogP contribution in [0.25, 0.3) is 0 Å². The van der Waals surface area contributed by atoms with Crippen LogP contribution in [0.3, 0.4) is 0 Å². The molecule has 21 heavy (non-hydrogen) atoms. The number of hydrogen-bond donors (Lipinski definition) is 1. The van der Waals surface area contributed by atoms with Gasteiger partial charge < -0.3 is 15.0 Å². The van der Waals surface area contributed by atoms with Crippen molar-refractivity contribution in [3.63, 3.8) is 0 Å². The lowest BCUT2D eigenvalue weighted by atomic mass is 9.72. The summed E-state index contributed by atoms with van der Waals surface area (Å²) < 4.78 is 11.4. The molecular weight excluding hydrogens is 266 g/mol. The van der Waals surface area contributed by atoms with Crippen LogP contribution >= 0.6 is 0 Å². The van der Waals surface area contributed by atoms with Crippen molar-refractivity contribution >= 4 is 0 Å². The third kappa shape index (κ3) is 3.14. The smallest absolute Gasteiger partial charge is 0.227 e. The van der Waals surface area contributed by atoms with Crippen molar-refractivity contribution in [1.29, 1.82) is 0 Å². The van der Waals surface area contributed by atoms with E-state index in [0.717, 1.165) is 38.2 Å². The minimum Gasteiger partial charge on any atom is -0.367 e. The Bertz CT molecular complexity index is 460. The standard InChI is InChI=1S/C16H27N3O2/c1-15(7-5-6-10-20-15)14-18-13(21-19-14)11-16(12-17)8-3-2-4-9-16/h2-12,17H2,1H3. The van der Waals surface area contributed by atoms with E-state index >= 15 is 0 Å². The van der Waals surface area contributed by atoms with Crippen molar-refractivity contribution in [3.8, 4) is 0 Å². The second-order valence-corrected chi connectivity index (χ2v) is 6.99. The number of nitrogens with two attached hydrogens (primary N) is 1. The summed E-state index contributed by atoms with van der Waals surface area (Å²) >= 11 is 0. The number of aromatic nitrogens is 2. The van der Waals surface area contributed by atoms with Crippen LogP contribution in [0.15, 0.2) is 4.52 Å². The molecule has 5 heteroatoms. The Kier molecular flexibility index (Phi) is 4.31. The first-order valence-electron chi connectivity index (χ1n) is 8.33. The van der Waals surface area contributed by atoms with Crippen LogP contribution in [0.1, 0.15) is 70.0 Å². The van der Waals surface area contributed by atoms with Gasteiger partial charge in [0.25, 0.3) is 0 Å². The summed E-state index contributed by atoms with van der Waals surface area (Å²) in [7, 11) is 0. The number of rotatable bonds is 4. The molecule has 1 aromatic rings. The van der Waals surface area contributed by atoms with Crippen molar-refractivity contribution < 1.29 is 9.26 Å². The lowest BCUT2D eigenvalue weighted by Gasteiger charge is -2.35. The summed E-state index contributed by atoms with van der Waals surface area (Å²) in [5, 5.41) is 4.19. The van der Waals surface area contributed by atoms with Crippen LogP contribution in [-0.4, -0.2) is 23.3 Å². The molecule has 3 rings (SSSR count). The first kappa shape index (κ1) is 15.0. The monoisotopic (exact) mass is 293 g/mol. The molecule has 1 atom stereocenters. The van der Waals surface area contributed by atoms with Gasteiger partial charge in [0.05, 0.1) is 0 Å². The van der Waals surface area contributed by atoms with Crippen LogP contribution in [0.5, 0.6) is 0 Å². The summed E-state index contributed by atoms with van der Waals surface area (Å²) in [6, 6.07) is 0. The molecule has 1 aliphatic carbocycles. The van der Waals surface area contributed by atoms with Gasteiger partial charge in [0.2, 0.25) is 11.7 Å². The second-order valence-electron chi connectivity index (χ2n) is 6.99. The van der Waals surface area contributed by atoms with Crippen molar-refractivity contribution in [2.45, 2.75) is 70.3 Å².